The van der Waals surface area contributed by atoms with Gasteiger partial charge in [0, 0.05) is 6.08 Å². The minimum absolute atomic E-state index is 0.209. The predicted molar refractivity (Wildman–Crippen MR) is 45.4 cm³/mol. The molecule has 1 unspecified atom stereocenters. The zero-order valence-corrected chi connectivity index (χ0v) is 7.50. The van der Waals surface area contributed by atoms with Crippen molar-refractivity contribution in [2.24, 2.45) is 5.92 Å². The smallest absolute Gasteiger partial charge is 0.337 e. The van der Waals surface area contributed by atoms with Crippen LogP contribution in [-0.2, 0) is 14.3 Å². The molecule has 0 aromatic heterocycles. The van der Waals surface area contributed by atoms with E-state index < -0.39 is 11.9 Å². The minimum Gasteiger partial charge on any atom is -0.390 e. The number of hydrogen-bond acceptors (Lipinski definition) is 3. The van der Waals surface area contributed by atoms with E-state index in [0.29, 0.717) is 0 Å². The molecule has 0 N–H and O–H groups in total. The van der Waals surface area contributed by atoms with Crippen molar-refractivity contribution in [2.75, 3.05) is 0 Å². The Morgan fingerprint density at radius 3 is 2.58 bits per heavy atom. The van der Waals surface area contributed by atoms with Gasteiger partial charge in [-0.3, -0.25) is 4.79 Å². The van der Waals surface area contributed by atoms with E-state index in [9.17, 15) is 9.59 Å². The zero-order valence-electron chi connectivity index (χ0n) is 7.50. The maximum absolute atomic E-state index is 11.0. The van der Waals surface area contributed by atoms with Crippen molar-refractivity contribution in [1.29, 1.82) is 0 Å². The summed E-state index contributed by atoms with van der Waals surface area (Å²) < 4.78 is 4.42. The van der Waals surface area contributed by atoms with Crippen LogP contribution >= 0.6 is 0 Å². The van der Waals surface area contributed by atoms with Crippen molar-refractivity contribution in [1.82, 2.24) is 0 Å². The first-order chi connectivity index (χ1) is 5.61. The van der Waals surface area contributed by atoms with Crippen LogP contribution in [0.3, 0.4) is 0 Å². The van der Waals surface area contributed by atoms with E-state index in [1.54, 1.807) is 6.92 Å². The second-order valence-corrected chi connectivity index (χ2v) is 2.63. The number of rotatable bonds is 4. The van der Waals surface area contributed by atoms with Gasteiger partial charge in [-0.05, 0) is 6.42 Å². The van der Waals surface area contributed by atoms with E-state index in [0.717, 1.165) is 18.9 Å². The van der Waals surface area contributed by atoms with E-state index in [1.807, 2.05) is 6.92 Å². The lowest BCUT2D eigenvalue weighted by Gasteiger charge is -2.06. The van der Waals surface area contributed by atoms with Gasteiger partial charge in [-0.2, -0.15) is 0 Å². The third-order valence-corrected chi connectivity index (χ3v) is 1.49. The molecule has 0 aromatic rings. The summed E-state index contributed by atoms with van der Waals surface area (Å²) in [5, 5.41) is 0. The summed E-state index contributed by atoms with van der Waals surface area (Å²) >= 11 is 0. The lowest BCUT2D eigenvalue weighted by atomic mass is 10.1. The summed E-state index contributed by atoms with van der Waals surface area (Å²) in [4.78, 5) is 21.6. The molecule has 0 saturated carbocycles. The Balaban J connectivity index is 3.86. The van der Waals surface area contributed by atoms with E-state index in [2.05, 4.69) is 11.3 Å². The molecule has 0 saturated heterocycles. The molecule has 0 aliphatic heterocycles. The third kappa shape index (κ3) is 3.91. The quantitative estimate of drug-likeness (QED) is 0.366. The molecule has 0 aliphatic rings. The highest BCUT2D eigenvalue weighted by atomic mass is 16.6. The predicted octanol–water partition coefficient (Wildman–Crippen LogP) is 1.68. The number of esters is 2. The molecule has 0 rings (SSSR count). The van der Waals surface area contributed by atoms with Crippen molar-refractivity contribution in [3.63, 3.8) is 0 Å². The Kier molecular flexibility index (Phi) is 5.00. The van der Waals surface area contributed by atoms with Crippen LogP contribution in [0, 0.1) is 5.92 Å². The maximum atomic E-state index is 11.0. The zero-order chi connectivity index (χ0) is 9.56. The molecule has 0 aromatic carbocycles. The number of carbonyl (C=O) groups is 2. The van der Waals surface area contributed by atoms with Crippen molar-refractivity contribution in [3.8, 4) is 0 Å². The molecule has 0 radical (unpaired) electrons. The van der Waals surface area contributed by atoms with Crippen LogP contribution in [0.25, 0.3) is 0 Å². The molecule has 12 heavy (non-hydrogen) atoms. The summed E-state index contributed by atoms with van der Waals surface area (Å²) in [5.41, 5.74) is 0. The molecule has 0 aliphatic carbocycles. The first-order valence-corrected chi connectivity index (χ1v) is 3.99. The fourth-order valence-electron chi connectivity index (χ4n) is 0.792. The van der Waals surface area contributed by atoms with E-state index in [4.69, 9.17) is 0 Å². The molecule has 0 heterocycles. The first kappa shape index (κ1) is 10.9. The summed E-state index contributed by atoms with van der Waals surface area (Å²) in [6.07, 6.45) is 2.62. The van der Waals surface area contributed by atoms with Crippen LogP contribution in [0.1, 0.15) is 26.7 Å². The minimum atomic E-state index is -0.678. The molecule has 0 spiro atoms. The first-order valence-electron chi connectivity index (χ1n) is 3.99. The summed E-state index contributed by atoms with van der Waals surface area (Å²) in [5.74, 6) is -1.36. The molecule has 0 fully saturated rings. The van der Waals surface area contributed by atoms with Gasteiger partial charge in [-0.25, -0.2) is 4.79 Å². The molecule has 3 heteroatoms. The second-order valence-electron chi connectivity index (χ2n) is 2.63. The van der Waals surface area contributed by atoms with Crippen molar-refractivity contribution in [2.45, 2.75) is 26.7 Å². The van der Waals surface area contributed by atoms with Crippen LogP contribution < -0.4 is 0 Å². The fraction of sp³-hybridized carbons (Fsp3) is 0.556. The largest absolute Gasteiger partial charge is 0.390 e. The van der Waals surface area contributed by atoms with Gasteiger partial charge >= 0.3 is 11.9 Å². The molecule has 0 bridgehead atoms. The van der Waals surface area contributed by atoms with Crippen LogP contribution in [0.5, 0.6) is 0 Å². The molecule has 1 atom stereocenters. The van der Waals surface area contributed by atoms with Gasteiger partial charge in [-0.15, -0.1) is 0 Å². The summed E-state index contributed by atoms with van der Waals surface area (Å²) in [7, 11) is 0. The molecule has 68 valence electrons. The van der Waals surface area contributed by atoms with Gasteiger partial charge in [0.05, 0.1) is 5.92 Å². The maximum Gasteiger partial charge on any atom is 0.337 e. The van der Waals surface area contributed by atoms with E-state index >= 15 is 0 Å². The molecular weight excluding hydrogens is 156 g/mol. The van der Waals surface area contributed by atoms with E-state index in [1.165, 1.54) is 0 Å². The highest BCUT2D eigenvalue weighted by Crippen LogP contribution is 2.06. The van der Waals surface area contributed by atoms with Crippen molar-refractivity contribution in [3.05, 3.63) is 12.7 Å². The third-order valence-electron chi connectivity index (χ3n) is 1.49. The standard InChI is InChI=1S/C9H14O3/c1-4-6-7(3)9(11)12-8(10)5-2/h5,7H,2,4,6H2,1,3H3. The van der Waals surface area contributed by atoms with Crippen LogP contribution in [0.4, 0.5) is 0 Å². The lowest BCUT2D eigenvalue weighted by molar-refractivity contribution is -0.159. The average Bonchev–Trinajstić information content (AvgIpc) is 2.04. The fourth-order valence-corrected chi connectivity index (χ4v) is 0.792. The van der Waals surface area contributed by atoms with Gasteiger partial charge in [0.25, 0.3) is 0 Å². The second kappa shape index (κ2) is 5.52. The summed E-state index contributed by atoms with van der Waals surface area (Å²) in [6.45, 7) is 6.90. The number of hydrogen-bond donors (Lipinski definition) is 0. The Bertz CT molecular complexity index is 184. The van der Waals surface area contributed by atoms with Crippen molar-refractivity contribution < 1.29 is 14.3 Å². The lowest BCUT2D eigenvalue weighted by Crippen LogP contribution is -2.17. The number of ether oxygens (including phenoxy) is 1. The van der Waals surface area contributed by atoms with Gasteiger partial charge < -0.3 is 4.74 Å². The van der Waals surface area contributed by atoms with Gasteiger partial charge in [0.15, 0.2) is 0 Å². The molecule has 3 nitrogen and oxygen atoms in total. The van der Waals surface area contributed by atoms with E-state index in [-0.39, 0.29) is 5.92 Å². The highest BCUT2D eigenvalue weighted by molar-refractivity contribution is 5.92. The van der Waals surface area contributed by atoms with Gasteiger partial charge in [0.1, 0.15) is 0 Å². The van der Waals surface area contributed by atoms with Crippen LogP contribution in [-0.4, -0.2) is 11.9 Å². The topological polar surface area (TPSA) is 43.4 Å². The Hall–Kier alpha value is -1.12. The van der Waals surface area contributed by atoms with Gasteiger partial charge in [-0.1, -0.05) is 26.8 Å². The van der Waals surface area contributed by atoms with Crippen LogP contribution in [0.2, 0.25) is 0 Å². The van der Waals surface area contributed by atoms with Crippen LogP contribution in [0.15, 0.2) is 12.7 Å². The molecule has 0 amide bonds. The Labute approximate surface area is 72.4 Å². The SMILES string of the molecule is C=CC(=O)OC(=O)C(C)CCC. The monoisotopic (exact) mass is 170 g/mol. The molecular formula is C9H14O3. The van der Waals surface area contributed by atoms with Gasteiger partial charge in [0.2, 0.25) is 0 Å². The number of carbonyl (C=O) groups excluding carboxylic acids is 2. The normalized spacial score (nSPS) is 11.8. The average molecular weight is 170 g/mol. The van der Waals surface area contributed by atoms with Crippen molar-refractivity contribution >= 4 is 11.9 Å². The Morgan fingerprint density at radius 2 is 2.17 bits per heavy atom. The summed E-state index contributed by atoms with van der Waals surface area (Å²) in [6, 6.07) is 0. The Morgan fingerprint density at radius 1 is 1.58 bits per heavy atom. The highest BCUT2D eigenvalue weighted by Gasteiger charge is 2.15.